The first-order valence-corrected chi connectivity index (χ1v) is 23.0. The summed E-state index contributed by atoms with van der Waals surface area (Å²) in [7, 11) is -10.4. The van der Waals surface area contributed by atoms with Crippen LogP contribution in [-0.4, -0.2) is 98.6 Å². The first-order chi connectivity index (χ1) is 30.1. The highest BCUT2D eigenvalue weighted by atomic mass is 31.3. The number of aromatic nitrogens is 4. The molecule has 4 aromatic rings. The zero-order chi connectivity index (χ0) is 45.1. The van der Waals surface area contributed by atoms with Crippen LogP contribution in [0.15, 0.2) is 69.1 Å². The van der Waals surface area contributed by atoms with Crippen LogP contribution in [0.3, 0.4) is 0 Å². The minimum Gasteiger partial charge on any atom is -0.456 e. The molecule has 1 aliphatic carbocycles. The number of rotatable bonds is 18. The van der Waals surface area contributed by atoms with Crippen LogP contribution in [0.5, 0.6) is 0 Å². The third-order valence-electron chi connectivity index (χ3n) is 10.1. The minimum absolute atomic E-state index is 0.0135. The molecule has 0 spiro atoms. The molecule has 1 saturated heterocycles. The van der Waals surface area contributed by atoms with Gasteiger partial charge in [-0.2, -0.15) is 9.29 Å². The zero-order valence-electron chi connectivity index (χ0n) is 34.8. The summed E-state index contributed by atoms with van der Waals surface area (Å²) in [4.78, 5) is 61.1. The number of imidazole rings is 1. The van der Waals surface area contributed by atoms with Crippen molar-refractivity contribution in [3.63, 3.8) is 0 Å². The Morgan fingerprint density at radius 1 is 1.05 bits per heavy atom. The molecule has 63 heavy (non-hydrogen) atoms. The van der Waals surface area contributed by atoms with Crippen molar-refractivity contribution in [1.29, 1.82) is 0 Å². The lowest BCUT2D eigenvalue weighted by Crippen LogP contribution is -2.28. The Morgan fingerprint density at radius 3 is 2.60 bits per heavy atom. The number of anilines is 2. The normalized spacial score (nSPS) is 18.8. The zero-order valence-corrected chi connectivity index (χ0v) is 36.6. The molecule has 5 atom stereocenters. The van der Waals surface area contributed by atoms with E-state index in [0.29, 0.717) is 29.0 Å². The van der Waals surface area contributed by atoms with Crippen LogP contribution in [0, 0.1) is 13.8 Å². The number of ether oxygens (including phenoxy) is 2. The molecule has 7 rings (SSSR count). The number of aryl methyl sites for hydroxylation is 2. The lowest BCUT2D eigenvalue weighted by molar-refractivity contribution is -0.0425. The van der Waals surface area contributed by atoms with Crippen LogP contribution in [0.25, 0.3) is 44.6 Å². The van der Waals surface area contributed by atoms with Crippen molar-refractivity contribution in [2.45, 2.75) is 52.6 Å². The summed E-state index contributed by atoms with van der Waals surface area (Å²) in [5.41, 5.74) is 11.4. The standard InChI is InChI=1S/C40H48N8O13P2/c1-5-42-28-17-31-26(15-22(28)3)35(27-16-23(4)29(43-6-2)18-32(27)59-31)24-9-7-8-10-25(24)38(50)44-11-12-56-13-14-57-62(52,53)61-63(54,55)58-20-33-30(49)19-34(60-33)48-21-45-36-37(48)46-40(41)47-39(36)51/h7-10,15-18,21,30,33-34,42,49H,5-6,11-14,19-20H2,1-4H3,(H,44,50)(H,52,53)(H,54,55)(H3,41,46,47,51)/t30-,33+,34+/m0/s1. The van der Waals surface area contributed by atoms with Gasteiger partial charge in [0.2, 0.25) is 5.95 Å². The second-order valence-corrected chi connectivity index (χ2v) is 17.6. The number of nitrogen functional groups attached to an aromatic ring is 1. The maximum Gasteiger partial charge on any atom is 0.481 e. The third-order valence-corrected chi connectivity index (χ3v) is 12.7. The maximum atomic E-state index is 13.7. The summed E-state index contributed by atoms with van der Waals surface area (Å²) in [6.07, 6.45) is -2.09. The summed E-state index contributed by atoms with van der Waals surface area (Å²) < 4.78 is 58.1. The quantitative estimate of drug-likeness (QED) is 0.0354. The highest BCUT2D eigenvalue weighted by Gasteiger charge is 2.40. The van der Waals surface area contributed by atoms with Crippen LogP contribution in [0.1, 0.15) is 48.0 Å². The van der Waals surface area contributed by atoms with E-state index in [1.165, 1.54) is 10.9 Å². The molecule has 21 nitrogen and oxygen atoms in total. The lowest BCUT2D eigenvalue weighted by atomic mass is 9.89. The second-order valence-electron chi connectivity index (χ2n) is 14.5. The Morgan fingerprint density at radius 2 is 1.83 bits per heavy atom. The minimum atomic E-state index is -5.22. The van der Waals surface area contributed by atoms with Crippen molar-refractivity contribution < 1.29 is 56.1 Å². The SMILES string of the molecule is CCN=c1cc2oc3cc(NCC)c(C)cc3c(-c3ccccc3C(=O)NCCOCCOP(=O)(O)OP(=O)(O)OC[C@H]3O[C@@H](n4cnc5c(=O)[nH]c(N)nc54)C[C@@H]3O)c-2cc1C. The van der Waals surface area contributed by atoms with Crippen LogP contribution in [-0.2, 0) is 32.0 Å². The highest BCUT2D eigenvalue weighted by Crippen LogP contribution is 2.60. The fourth-order valence-electron chi connectivity index (χ4n) is 7.28. The molecule has 3 aliphatic rings. The van der Waals surface area contributed by atoms with Gasteiger partial charge in [-0.3, -0.25) is 33.2 Å². The largest absolute Gasteiger partial charge is 0.481 e. The number of phosphoric acid groups is 2. The van der Waals surface area contributed by atoms with E-state index in [0.717, 1.165) is 45.2 Å². The molecule has 336 valence electrons. The van der Waals surface area contributed by atoms with Gasteiger partial charge in [-0.15, -0.1) is 0 Å². The van der Waals surface area contributed by atoms with Crippen molar-refractivity contribution in [2.24, 2.45) is 4.99 Å². The summed E-state index contributed by atoms with van der Waals surface area (Å²) in [6.45, 7) is 7.87. The number of carbonyl (C=O) groups is 1. The first-order valence-electron chi connectivity index (χ1n) is 20.0. The van der Waals surface area contributed by atoms with Crippen molar-refractivity contribution in [3.8, 4) is 22.5 Å². The average Bonchev–Trinajstić information content (AvgIpc) is 3.82. The predicted octanol–water partition coefficient (Wildman–Crippen LogP) is 4.53. The molecule has 2 aliphatic heterocycles. The molecule has 4 heterocycles. The van der Waals surface area contributed by atoms with Crippen molar-refractivity contribution in [2.75, 3.05) is 57.1 Å². The van der Waals surface area contributed by atoms with Gasteiger partial charge in [-0.05, 0) is 62.6 Å². The van der Waals surface area contributed by atoms with E-state index in [2.05, 4.69) is 41.0 Å². The number of hydrogen-bond acceptors (Lipinski definition) is 16. The number of nitrogens with zero attached hydrogens (tertiary/aromatic N) is 4. The molecular weight excluding hydrogens is 862 g/mol. The molecule has 0 saturated carbocycles. The molecule has 1 fully saturated rings. The molecule has 1 amide bonds. The fourth-order valence-corrected chi connectivity index (χ4v) is 9.34. The molecule has 2 aromatic carbocycles. The van der Waals surface area contributed by atoms with Gasteiger partial charge >= 0.3 is 15.6 Å². The number of H-pyrrole nitrogens is 1. The summed E-state index contributed by atoms with van der Waals surface area (Å²) in [6, 6.07) is 15.2. The van der Waals surface area contributed by atoms with Gasteiger partial charge in [0, 0.05) is 66.0 Å². The highest BCUT2D eigenvalue weighted by molar-refractivity contribution is 7.61. The van der Waals surface area contributed by atoms with E-state index < -0.39 is 52.9 Å². The Kier molecular flexibility index (Phi) is 13.9. The van der Waals surface area contributed by atoms with Gasteiger partial charge in [0.25, 0.3) is 11.5 Å². The Balaban J connectivity index is 0.919. The van der Waals surface area contributed by atoms with E-state index in [1.807, 2.05) is 58.0 Å². The fraction of sp³-hybridized carbons (Fsp3) is 0.375. The first kappa shape index (κ1) is 45.7. The van der Waals surface area contributed by atoms with Crippen molar-refractivity contribution >= 4 is 55.3 Å². The monoisotopic (exact) mass is 910 g/mol. The Bertz CT molecular complexity index is 2850. The number of aromatic amines is 1. The van der Waals surface area contributed by atoms with Gasteiger partial charge in [-0.1, -0.05) is 18.2 Å². The van der Waals surface area contributed by atoms with E-state index in [-0.39, 0.29) is 49.2 Å². The van der Waals surface area contributed by atoms with Gasteiger partial charge in [0.05, 0.1) is 44.2 Å². The second kappa shape index (κ2) is 19.2. The van der Waals surface area contributed by atoms with Gasteiger partial charge < -0.3 is 45.2 Å². The molecule has 2 aromatic heterocycles. The van der Waals surface area contributed by atoms with E-state index in [9.17, 15) is 33.6 Å². The third kappa shape index (κ3) is 10.4. The number of aliphatic hydroxyl groups is 1. The molecule has 2 unspecified atom stereocenters. The Hall–Kier alpha value is -5.31. The molecule has 23 heteroatoms. The van der Waals surface area contributed by atoms with Crippen LogP contribution >= 0.6 is 15.6 Å². The van der Waals surface area contributed by atoms with E-state index >= 15 is 0 Å². The Labute approximate surface area is 359 Å². The number of nitrogens with two attached hydrogens (primary N) is 1. The molecule has 0 bridgehead atoms. The number of benzene rings is 3. The maximum absolute atomic E-state index is 13.7. The number of fused-ring (bicyclic) bond motifs is 3. The predicted molar refractivity (Wildman–Crippen MR) is 231 cm³/mol. The summed E-state index contributed by atoms with van der Waals surface area (Å²) >= 11 is 0. The molecule has 0 radical (unpaired) electrons. The number of aliphatic hydroxyl groups excluding tert-OH is 1. The van der Waals surface area contributed by atoms with Gasteiger partial charge in [-0.25, -0.2) is 14.1 Å². The lowest BCUT2D eigenvalue weighted by Gasteiger charge is -2.20. The van der Waals surface area contributed by atoms with E-state index in [1.54, 1.807) is 12.1 Å². The van der Waals surface area contributed by atoms with E-state index in [4.69, 9.17) is 28.7 Å². The van der Waals surface area contributed by atoms with Crippen LogP contribution in [0.4, 0.5) is 11.6 Å². The summed E-state index contributed by atoms with van der Waals surface area (Å²) in [5.74, 6) is 0.0928. The summed E-state index contributed by atoms with van der Waals surface area (Å²) in [5, 5.41) is 18.4. The van der Waals surface area contributed by atoms with Crippen molar-refractivity contribution in [3.05, 3.63) is 87.3 Å². The molecule has 8 N–H and O–H groups in total. The number of hydrogen-bond donors (Lipinski definition) is 7. The number of nitrogens with one attached hydrogen (secondary N) is 3. The smallest absolute Gasteiger partial charge is 0.456 e. The number of carbonyl (C=O) groups excluding carboxylic acids is 1. The van der Waals surface area contributed by atoms with Crippen LogP contribution in [0.2, 0.25) is 0 Å². The number of amides is 1. The van der Waals surface area contributed by atoms with Crippen LogP contribution < -0.4 is 27.3 Å². The topological polar surface area (TPSA) is 297 Å². The van der Waals surface area contributed by atoms with Crippen molar-refractivity contribution in [1.82, 2.24) is 24.8 Å². The number of phosphoric ester groups is 2. The molecular formula is C40H48N8O13P2. The van der Waals surface area contributed by atoms with Gasteiger partial charge in [0.15, 0.2) is 11.2 Å². The van der Waals surface area contributed by atoms with Gasteiger partial charge in [0.1, 0.15) is 23.7 Å². The average molecular weight is 911 g/mol.